The molecule has 0 amide bonds. The molecule has 110 valence electrons. The Balaban J connectivity index is 4.58. The molecule has 1 N–H and O–H groups in total. The highest BCUT2D eigenvalue weighted by Gasteiger charge is 2.39. The van der Waals surface area contributed by atoms with E-state index in [0.29, 0.717) is 0 Å². The van der Waals surface area contributed by atoms with E-state index in [0.717, 1.165) is 6.42 Å². The fourth-order valence-electron chi connectivity index (χ4n) is 1.73. The molecule has 2 atom stereocenters. The van der Waals surface area contributed by atoms with Gasteiger partial charge in [-0.1, -0.05) is 53.9 Å². The van der Waals surface area contributed by atoms with Crippen LogP contribution in [-0.4, -0.2) is 26.1 Å². The summed E-state index contributed by atoms with van der Waals surface area (Å²) in [6.07, 6.45) is 5.01. The summed E-state index contributed by atoms with van der Waals surface area (Å²) in [5.74, 6) is 0.246. The van der Waals surface area contributed by atoms with Gasteiger partial charge in [0.05, 0.1) is 0 Å². The van der Waals surface area contributed by atoms with Crippen LogP contribution in [0.4, 0.5) is 0 Å². The molecular weight excluding hydrogens is 240 g/mol. The third-order valence-corrected chi connectivity index (χ3v) is 8.77. The molecule has 0 fully saturated rings. The van der Waals surface area contributed by atoms with Crippen molar-refractivity contribution in [3.63, 3.8) is 0 Å². The van der Waals surface area contributed by atoms with Gasteiger partial charge in [0.1, 0.15) is 0 Å². The van der Waals surface area contributed by atoms with E-state index < -0.39 is 8.32 Å². The molecule has 0 aromatic rings. The maximum atomic E-state index is 9.40. The predicted octanol–water partition coefficient (Wildman–Crippen LogP) is 4.59. The van der Waals surface area contributed by atoms with Gasteiger partial charge in [0.25, 0.3) is 0 Å². The normalized spacial score (nSPS) is 16.7. The molecule has 0 saturated heterocycles. The molecule has 0 aromatic carbocycles. The summed E-state index contributed by atoms with van der Waals surface area (Å²) in [4.78, 5) is 0. The van der Waals surface area contributed by atoms with Gasteiger partial charge in [-0.05, 0) is 24.6 Å². The van der Waals surface area contributed by atoms with E-state index in [1.165, 1.54) is 19.3 Å². The molecule has 18 heavy (non-hydrogen) atoms. The van der Waals surface area contributed by atoms with E-state index in [9.17, 15) is 5.11 Å². The Labute approximate surface area is 115 Å². The minimum atomic E-state index is -1.72. The van der Waals surface area contributed by atoms with E-state index in [-0.39, 0.29) is 23.7 Å². The summed E-state index contributed by atoms with van der Waals surface area (Å²) in [6, 6.07) is 0. The smallest absolute Gasteiger partial charge is 0.192 e. The van der Waals surface area contributed by atoms with Gasteiger partial charge in [-0.3, -0.25) is 0 Å². The molecule has 0 bridgehead atoms. The molecule has 0 heterocycles. The van der Waals surface area contributed by atoms with Crippen molar-refractivity contribution < 1.29 is 9.53 Å². The molecule has 0 aromatic heterocycles. The lowest BCUT2D eigenvalue weighted by atomic mass is 10.0. The van der Waals surface area contributed by atoms with Crippen molar-refractivity contribution in [2.24, 2.45) is 5.92 Å². The molecule has 0 aliphatic rings. The Kier molecular flexibility index (Phi) is 7.72. The molecular formula is C15H34O2Si. The second-order valence-corrected chi connectivity index (χ2v) is 11.8. The summed E-state index contributed by atoms with van der Waals surface area (Å²) in [5.41, 5.74) is 0. The maximum absolute atomic E-state index is 9.40. The van der Waals surface area contributed by atoms with Crippen LogP contribution in [0.5, 0.6) is 0 Å². The van der Waals surface area contributed by atoms with Crippen LogP contribution in [0.25, 0.3) is 0 Å². The van der Waals surface area contributed by atoms with Crippen LogP contribution < -0.4 is 0 Å². The van der Waals surface area contributed by atoms with Gasteiger partial charge in [0, 0.05) is 18.6 Å². The Morgan fingerprint density at radius 2 is 1.72 bits per heavy atom. The topological polar surface area (TPSA) is 29.5 Å². The van der Waals surface area contributed by atoms with Crippen molar-refractivity contribution in [2.45, 2.75) is 84.5 Å². The number of unbranched alkanes of at least 4 members (excludes halogenated alkanes) is 2. The minimum absolute atomic E-state index is 0.224. The van der Waals surface area contributed by atoms with Gasteiger partial charge in [0.15, 0.2) is 8.32 Å². The summed E-state index contributed by atoms with van der Waals surface area (Å²) >= 11 is 0. The standard InChI is InChI=1S/C15H34O2Si/c1-8-9-10-11-14(13(2)12-16)17-18(6,7)15(3,4)5/h13-14,16H,8-12H2,1-7H3/t13-,14-/m0/s1. The molecule has 3 heteroatoms. The Morgan fingerprint density at radius 3 is 2.11 bits per heavy atom. The van der Waals surface area contributed by atoms with Crippen LogP contribution in [0.3, 0.4) is 0 Å². The molecule has 0 aliphatic heterocycles. The first-order valence-electron chi connectivity index (χ1n) is 7.44. The molecule has 0 aliphatic carbocycles. The molecule has 0 spiro atoms. The van der Waals surface area contributed by atoms with E-state index in [1.807, 2.05) is 0 Å². The number of aliphatic hydroxyl groups excluding tert-OH is 1. The number of hydrogen-bond donors (Lipinski definition) is 1. The van der Waals surface area contributed by atoms with Gasteiger partial charge >= 0.3 is 0 Å². The maximum Gasteiger partial charge on any atom is 0.192 e. The monoisotopic (exact) mass is 274 g/mol. The molecule has 2 nitrogen and oxygen atoms in total. The van der Waals surface area contributed by atoms with Crippen molar-refractivity contribution in [1.29, 1.82) is 0 Å². The average Bonchev–Trinajstić information content (AvgIpc) is 2.25. The quantitative estimate of drug-likeness (QED) is 0.518. The van der Waals surface area contributed by atoms with Crippen molar-refractivity contribution in [1.82, 2.24) is 0 Å². The number of rotatable bonds is 8. The Morgan fingerprint density at radius 1 is 1.17 bits per heavy atom. The highest BCUT2D eigenvalue weighted by atomic mass is 28.4. The second kappa shape index (κ2) is 7.66. The molecule has 0 saturated carbocycles. The minimum Gasteiger partial charge on any atom is -0.414 e. The lowest BCUT2D eigenvalue weighted by molar-refractivity contribution is 0.0766. The van der Waals surface area contributed by atoms with E-state index >= 15 is 0 Å². The van der Waals surface area contributed by atoms with Crippen LogP contribution in [0.15, 0.2) is 0 Å². The summed E-state index contributed by atoms with van der Waals surface area (Å²) in [5, 5.41) is 9.64. The lowest BCUT2D eigenvalue weighted by Gasteiger charge is -2.40. The first-order chi connectivity index (χ1) is 8.15. The van der Waals surface area contributed by atoms with E-state index in [1.54, 1.807) is 0 Å². The predicted molar refractivity (Wildman–Crippen MR) is 82.5 cm³/mol. The molecule has 0 radical (unpaired) electrons. The SMILES string of the molecule is CCCCC[C@H](O[Si](C)(C)C(C)(C)C)[C@@H](C)CO. The van der Waals surface area contributed by atoms with E-state index in [4.69, 9.17) is 4.43 Å². The van der Waals surface area contributed by atoms with Gasteiger partial charge in [-0.15, -0.1) is 0 Å². The average molecular weight is 275 g/mol. The van der Waals surface area contributed by atoms with Gasteiger partial charge < -0.3 is 9.53 Å². The first-order valence-corrected chi connectivity index (χ1v) is 10.3. The fraction of sp³-hybridized carbons (Fsp3) is 1.00. The highest BCUT2D eigenvalue weighted by Crippen LogP contribution is 2.38. The summed E-state index contributed by atoms with van der Waals surface area (Å²) < 4.78 is 6.48. The number of hydrogen-bond acceptors (Lipinski definition) is 2. The third-order valence-electron chi connectivity index (χ3n) is 4.27. The van der Waals surface area contributed by atoms with E-state index in [2.05, 4.69) is 47.7 Å². The molecule has 0 rings (SSSR count). The van der Waals surface area contributed by atoms with Crippen LogP contribution in [-0.2, 0) is 4.43 Å². The van der Waals surface area contributed by atoms with Crippen molar-refractivity contribution in [2.75, 3.05) is 6.61 Å². The highest BCUT2D eigenvalue weighted by molar-refractivity contribution is 6.74. The second-order valence-electron chi connectivity index (χ2n) is 7.07. The zero-order chi connectivity index (χ0) is 14.4. The van der Waals surface area contributed by atoms with Crippen LogP contribution in [0, 0.1) is 5.92 Å². The zero-order valence-corrected chi connectivity index (χ0v) is 14.5. The Hall–Kier alpha value is 0.137. The van der Waals surface area contributed by atoms with Crippen molar-refractivity contribution in [3.8, 4) is 0 Å². The molecule has 0 unspecified atom stereocenters. The summed E-state index contributed by atoms with van der Waals surface area (Å²) in [6.45, 7) is 16.0. The Bertz CT molecular complexity index is 221. The van der Waals surface area contributed by atoms with Gasteiger partial charge in [-0.25, -0.2) is 0 Å². The van der Waals surface area contributed by atoms with Crippen LogP contribution >= 0.6 is 0 Å². The number of aliphatic hydroxyl groups is 1. The van der Waals surface area contributed by atoms with Crippen LogP contribution in [0.1, 0.15) is 60.3 Å². The lowest BCUT2D eigenvalue weighted by Crippen LogP contribution is -2.46. The van der Waals surface area contributed by atoms with Crippen LogP contribution in [0.2, 0.25) is 18.1 Å². The van der Waals surface area contributed by atoms with Crippen molar-refractivity contribution in [3.05, 3.63) is 0 Å². The fourth-order valence-corrected chi connectivity index (χ4v) is 3.19. The third kappa shape index (κ3) is 5.85. The van der Waals surface area contributed by atoms with Crippen molar-refractivity contribution >= 4 is 8.32 Å². The largest absolute Gasteiger partial charge is 0.414 e. The summed E-state index contributed by atoms with van der Waals surface area (Å²) in [7, 11) is -1.72. The van der Waals surface area contributed by atoms with Gasteiger partial charge in [0.2, 0.25) is 0 Å². The van der Waals surface area contributed by atoms with Gasteiger partial charge in [-0.2, -0.15) is 0 Å². The first kappa shape index (κ1) is 18.1. The zero-order valence-electron chi connectivity index (χ0n) is 13.5.